The molecule has 0 aliphatic carbocycles. The van der Waals surface area contributed by atoms with Gasteiger partial charge in [0.1, 0.15) is 5.82 Å². The molecule has 1 N–H and O–H groups in total. The number of nitrogens with one attached hydrogen (secondary N) is 1. The van der Waals surface area contributed by atoms with Crippen LogP contribution in [0.5, 0.6) is 0 Å². The fraction of sp³-hybridized carbons (Fsp3) is 0.471. The standard InChI is InChI=1S/C17H25FN4/c1-3-4-5-10-20-17(19-2)22-13-11-21(12-14-22)16-8-6-15(18)7-9-16/h3-4,6-9H,5,10-14H2,1-2H3,(H,19,20)/b4-3+. The van der Waals surface area contributed by atoms with Crippen LogP contribution in [-0.2, 0) is 0 Å². The lowest BCUT2D eigenvalue weighted by Gasteiger charge is -2.37. The van der Waals surface area contributed by atoms with Crippen molar-refractivity contribution in [2.75, 3.05) is 44.7 Å². The van der Waals surface area contributed by atoms with Gasteiger partial charge in [0.2, 0.25) is 0 Å². The summed E-state index contributed by atoms with van der Waals surface area (Å²) in [5.74, 6) is 0.774. The summed E-state index contributed by atoms with van der Waals surface area (Å²) in [5, 5.41) is 3.39. The Morgan fingerprint density at radius 1 is 1.23 bits per heavy atom. The van der Waals surface area contributed by atoms with Crippen LogP contribution in [0.1, 0.15) is 13.3 Å². The van der Waals surface area contributed by atoms with Crippen LogP contribution in [0.4, 0.5) is 10.1 Å². The van der Waals surface area contributed by atoms with Crippen molar-refractivity contribution in [1.82, 2.24) is 10.2 Å². The van der Waals surface area contributed by atoms with Crippen molar-refractivity contribution < 1.29 is 4.39 Å². The van der Waals surface area contributed by atoms with Crippen molar-refractivity contribution in [3.8, 4) is 0 Å². The topological polar surface area (TPSA) is 30.9 Å². The summed E-state index contributed by atoms with van der Waals surface area (Å²) in [4.78, 5) is 8.91. The van der Waals surface area contributed by atoms with E-state index in [0.29, 0.717) is 0 Å². The van der Waals surface area contributed by atoms with Gasteiger partial charge in [0.15, 0.2) is 5.96 Å². The van der Waals surface area contributed by atoms with E-state index in [1.54, 1.807) is 0 Å². The van der Waals surface area contributed by atoms with Gasteiger partial charge in [-0.3, -0.25) is 4.99 Å². The second-order valence-corrected chi connectivity index (χ2v) is 5.28. The first-order valence-corrected chi connectivity index (χ1v) is 7.82. The minimum absolute atomic E-state index is 0.187. The van der Waals surface area contributed by atoms with Gasteiger partial charge in [-0.05, 0) is 37.6 Å². The van der Waals surface area contributed by atoms with Crippen LogP contribution < -0.4 is 10.2 Å². The Labute approximate surface area is 132 Å². The van der Waals surface area contributed by atoms with Crippen molar-refractivity contribution in [2.24, 2.45) is 4.99 Å². The molecule has 1 saturated heterocycles. The molecule has 1 aromatic rings. The zero-order valence-electron chi connectivity index (χ0n) is 13.4. The molecule has 0 radical (unpaired) electrons. The van der Waals surface area contributed by atoms with Gasteiger partial charge in [-0.2, -0.15) is 0 Å². The summed E-state index contributed by atoms with van der Waals surface area (Å²) < 4.78 is 13.0. The summed E-state index contributed by atoms with van der Waals surface area (Å²) in [6.07, 6.45) is 5.21. The predicted molar refractivity (Wildman–Crippen MR) is 91.0 cm³/mol. The average Bonchev–Trinajstić information content (AvgIpc) is 2.56. The summed E-state index contributed by atoms with van der Waals surface area (Å²) >= 11 is 0. The zero-order chi connectivity index (χ0) is 15.8. The molecular weight excluding hydrogens is 279 g/mol. The number of benzene rings is 1. The van der Waals surface area contributed by atoms with E-state index >= 15 is 0 Å². The third kappa shape index (κ3) is 4.48. The van der Waals surface area contributed by atoms with Crippen LogP contribution in [0.25, 0.3) is 0 Å². The Morgan fingerprint density at radius 3 is 2.50 bits per heavy atom. The second-order valence-electron chi connectivity index (χ2n) is 5.28. The minimum Gasteiger partial charge on any atom is -0.368 e. The smallest absolute Gasteiger partial charge is 0.193 e. The minimum atomic E-state index is -0.187. The van der Waals surface area contributed by atoms with Crippen molar-refractivity contribution in [2.45, 2.75) is 13.3 Å². The molecule has 4 nitrogen and oxygen atoms in total. The summed E-state index contributed by atoms with van der Waals surface area (Å²) in [6.45, 7) is 6.60. The summed E-state index contributed by atoms with van der Waals surface area (Å²) in [6, 6.07) is 6.72. The number of rotatable bonds is 4. The molecule has 0 unspecified atom stereocenters. The van der Waals surface area contributed by atoms with Crippen molar-refractivity contribution in [1.29, 1.82) is 0 Å². The fourth-order valence-corrected chi connectivity index (χ4v) is 2.59. The Balaban J connectivity index is 1.83. The molecule has 120 valence electrons. The molecule has 2 rings (SSSR count). The second kappa shape index (κ2) is 8.41. The molecular formula is C17H25FN4. The SMILES string of the molecule is C/C=C/CCNC(=NC)N1CCN(c2ccc(F)cc2)CC1. The van der Waals surface area contributed by atoms with Crippen LogP contribution in [0.15, 0.2) is 41.4 Å². The monoisotopic (exact) mass is 304 g/mol. The van der Waals surface area contributed by atoms with Gasteiger partial charge in [-0.25, -0.2) is 4.39 Å². The lowest BCUT2D eigenvalue weighted by molar-refractivity contribution is 0.373. The number of piperazine rings is 1. The first kappa shape index (κ1) is 16.3. The lowest BCUT2D eigenvalue weighted by atomic mass is 10.2. The highest BCUT2D eigenvalue weighted by Crippen LogP contribution is 2.16. The van der Waals surface area contributed by atoms with Crippen LogP contribution in [0.3, 0.4) is 0 Å². The highest BCUT2D eigenvalue weighted by atomic mass is 19.1. The molecule has 0 bridgehead atoms. The van der Waals surface area contributed by atoms with E-state index < -0.39 is 0 Å². The Bertz CT molecular complexity index is 502. The number of anilines is 1. The van der Waals surface area contributed by atoms with Gasteiger partial charge in [-0.1, -0.05) is 12.2 Å². The highest BCUT2D eigenvalue weighted by molar-refractivity contribution is 5.80. The number of hydrogen-bond donors (Lipinski definition) is 1. The quantitative estimate of drug-likeness (QED) is 0.401. The summed E-state index contributed by atoms with van der Waals surface area (Å²) in [7, 11) is 1.82. The molecule has 1 heterocycles. The fourth-order valence-electron chi connectivity index (χ4n) is 2.59. The molecule has 0 amide bonds. The van der Waals surface area contributed by atoms with Gasteiger partial charge >= 0.3 is 0 Å². The largest absolute Gasteiger partial charge is 0.368 e. The molecule has 22 heavy (non-hydrogen) atoms. The molecule has 1 fully saturated rings. The Hall–Kier alpha value is -2.04. The Kier molecular flexibility index (Phi) is 6.25. The number of allylic oxidation sites excluding steroid dienone is 1. The van der Waals surface area contributed by atoms with E-state index in [2.05, 4.69) is 32.3 Å². The molecule has 0 aromatic heterocycles. The van der Waals surface area contributed by atoms with Crippen molar-refractivity contribution in [3.63, 3.8) is 0 Å². The normalized spacial score (nSPS) is 16.4. The Morgan fingerprint density at radius 2 is 1.91 bits per heavy atom. The first-order chi connectivity index (χ1) is 10.7. The molecule has 0 saturated carbocycles. The third-order valence-corrected chi connectivity index (χ3v) is 3.81. The number of aliphatic imine (C=N–C) groups is 1. The zero-order valence-corrected chi connectivity index (χ0v) is 13.4. The molecule has 1 aliphatic heterocycles. The van der Waals surface area contributed by atoms with E-state index in [9.17, 15) is 4.39 Å². The van der Waals surface area contributed by atoms with Gasteiger partial charge < -0.3 is 15.1 Å². The van der Waals surface area contributed by atoms with Crippen LogP contribution in [0, 0.1) is 5.82 Å². The summed E-state index contributed by atoms with van der Waals surface area (Å²) in [5.41, 5.74) is 1.08. The van der Waals surface area contributed by atoms with Gasteiger partial charge in [0.05, 0.1) is 0 Å². The van der Waals surface area contributed by atoms with Crippen LogP contribution in [0.2, 0.25) is 0 Å². The van der Waals surface area contributed by atoms with E-state index in [1.165, 1.54) is 12.1 Å². The molecule has 1 aliphatic rings. The number of hydrogen-bond acceptors (Lipinski definition) is 2. The number of halogens is 1. The lowest BCUT2D eigenvalue weighted by Crippen LogP contribution is -2.52. The van der Waals surface area contributed by atoms with E-state index in [4.69, 9.17) is 0 Å². The van der Waals surface area contributed by atoms with E-state index in [1.807, 2.05) is 26.1 Å². The molecule has 1 aromatic carbocycles. The maximum atomic E-state index is 13.0. The van der Waals surface area contributed by atoms with Gasteiger partial charge in [0.25, 0.3) is 0 Å². The maximum absolute atomic E-state index is 13.0. The maximum Gasteiger partial charge on any atom is 0.193 e. The molecule has 5 heteroatoms. The first-order valence-electron chi connectivity index (χ1n) is 7.82. The van der Waals surface area contributed by atoms with Crippen molar-refractivity contribution >= 4 is 11.6 Å². The number of nitrogens with zero attached hydrogens (tertiary/aromatic N) is 3. The number of guanidine groups is 1. The van der Waals surface area contributed by atoms with Crippen LogP contribution >= 0.6 is 0 Å². The predicted octanol–water partition coefficient (Wildman–Crippen LogP) is 2.49. The van der Waals surface area contributed by atoms with E-state index in [-0.39, 0.29) is 5.82 Å². The van der Waals surface area contributed by atoms with Crippen molar-refractivity contribution in [3.05, 3.63) is 42.2 Å². The van der Waals surface area contributed by atoms with Gasteiger partial charge in [-0.15, -0.1) is 0 Å². The van der Waals surface area contributed by atoms with E-state index in [0.717, 1.165) is 50.8 Å². The molecule has 0 atom stereocenters. The van der Waals surface area contributed by atoms with Crippen LogP contribution in [-0.4, -0.2) is 50.6 Å². The highest BCUT2D eigenvalue weighted by Gasteiger charge is 2.19. The third-order valence-electron chi connectivity index (χ3n) is 3.81. The van der Waals surface area contributed by atoms with Gasteiger partial charge in [0, 0.05) is 45.5 Å². The molecule has 0 spiro atoms. The average molecular weight is 304 g/mol.